The zero-order valence-corrected chi connectivity index (χ0v) is 19.2. The highest BCUT2D eigenvalue weighted by Gasteiger charge is 2.57. The average Bonchev–Trinajstić information content (AvgIpc) is 3.61. The van der Waals surface area contributed by atoms with Crippen molar-refractivity contribution in [3.05, 3.63) is 71.3 Å². The van der Waals surface area contributed by atoms with Gasteiger partial charge in [0.1, 0.15) is 0 Å². The summed E-state index contributed by atoms with van der Waals surface area (Å²) in [6.07, 6.45) is 1.90. The van der Waals surface area contributed by atoms with E-state index < -0.39 is 5.41 Å². The number of benzene rings is 2. The van der Waals surface area contributed by atoms with Gasteiger partial charge < -0.3 is 4.90 Å². The zero-order chi connectivity index (χ0) is 23.0. The molecule has 33 heavy (non-hydrogen) atoms. The molecule has 0 N–H and O–H groups in total. The van der Waals surface area contributed by atoms with Crippen LogP contribution in [0.5, 0.6) is 0 Å². The molecule has 6 heteroatoms. The van der Waals surface area contributed by atoms with Gasteiger partial charge in [-0.05, 0) is 36.5 Å². The molecule has 1 aliphatic carbocycles. The van der Waals surface area contributed by atoms with E-state index in [-0.39, 0.29) is 36.6 Å². The van der Waals surface area contributed by atoms with Gasteiger partial charge in [0, 0.05) is 51.6 Å². The molecule has 0 radical (unpaired) electrons. The number of nitrogens with zero attached hydrogens (tertiary/aromatic N) is 3. The first-order valence-electron chi connectivity index (χ1n) is 11.9. The molecular weight excluding hydrogens is 414 g/mol. The van der Waals surface area contributed by atoms with Crippen LogP contribution in [0.25, 0.3) is 0 Å². The summed E-state index contributed by atoms with van der Waals surface area (Å²) in [7, 11) is 0. The molecule has 0 unspecified atom stereocenters. The second-order valence-electron chi connectivity index (χ2n) is 9.69. The number of carbonyl (C=O) groups excluding carboxylic acids is 3. The Kier molecular flexibility index (Phi) is 5.79. The molecule has 1 atom stereocenters. The highest BCUT2D eigenvalue weighted by atomic mass is 16.2. The molecule has 3 amide bonds. The number of carbonyl (C=O) groups is 3. The number of piperazine rings is 1. The fourth-order valence-electron chi connectivity index (χ4n) is 5.39. The standard InChI is InChI=1S/C27H31N3O3/c1-20-7-5-6-10-23(20)27(18-25(32)30(26(27)33)22-11-12-22)17-24(31)29-15-13-28(14-16-29)19-21-8-3-2-4-9-21/h2-10,22H,11-19H2,1H3/t27-/m1/s1. The van der Waals surface area contributed by atoms with Gasteiger partial charge in [0.15, 0.2) is 0 Å². The highest BCUT2D eigenvalue weighted by Crippen LogP contribution is 2.45. The summed E-state index contributed by atoms with van der Waals surface area (Å²) in [4.78, 5) is 45.8. The first kappa shape index (κ1) is 21.8. The predicted octanol–water partition coefficient (Wildman–Crippen LogP) is 2.89. The Labute approximate surface area is 195 Å². The van der Waals surface area contributed by atoms with Crippen molar-refractivity contribution in [2.75, 3.05) is 26.2 Å². The van der Waals surface area contributed by atoms with Crippen LogP contribution in [0.2, 0.25) is 0 Å². The SMILES string of the molecule is Cc1ccccc1[C@@]1(CC(=O)N2CCN(Cc3ccccc3)CC2)CC(=O)N(C2CC2)C1=O. The minimum Gasteiger partial charge on any atom is -0.340 e. The molecule has 2 saturated heterocycles. The van der Waals surface area contributed by atoms with Crippen LogP contribution in [0.1, 0.15) is 42.4 Å². The van der Waals surface area contributed by atoms with Crippen LogP contribution in [0.3, 0.4) is 0 Å². The number of likely N-dealkylation sites (tertiary alicyclic amines) is 1. The molecule has 2 heterocycles. The first-order valence-corrected chi connectivity index (χ1v) is 11.9. The Morgan fingerprint density at radius 2 is 1.61 bits per heavy atom. The summed E-state index contributed by atoms with van der Waals surface area (Å²) >= 11 is 0. The van der Waals surface area contributed by atoms with E-state index in [1.807, 2.05) is 54.3 Å². The second kappa shape index (κ2) is 8.75. The quantitative estimate of drug-likeness (QED) is 0.642. The van der Waals surface area contributed by atoms with E-state index in [2.05, 4.69) is 17.0 Å². The zero-order valence-electron chi connectivity index (χ0n) is 19.2. The molecule has 5 rings (SSSR count). The Hall–Kier alpha value is -2.99. The lowest BCUT2D eigenvalue weighted by Gasteiger charge is -2.37. The van der Waals surface area contributed by atoms with Gasteiger partial charge in [-0.3, -0.25) is 24.2 Å². The molecule has 6 nitrogen and oxygen atoms in total. The van der Waals surface area contributed by atoms with Gasteiger partial charge in [0.25, 0.3) is 0 Å². The predicted molar refractivity (Wildman–Crippen MR) is 125 cm³/mol. The van der Waals surface area contributed by atoms with Gasteiger partial charge >= 0.3 is 0 Å². The van der Waals surface area contributed by atoms with Crippen LogP contribution < -0.4 is 0 Å². The van der Waals surface area contributed by atoms with E-state index in [9.17, 15) is 14.4 Å². The number of amides is 3. The minimum absolute atomic E-state index is 0.0209. The Morgan fingerprint density at radius 3 is 2.27 bits per heavy atom. The highest BCUT2D eigenvalue weighted by molar-refractivity contribution is 6.11. The maximum atomic E-state index is 13.7. The number of imide groups is 1. The van der Waals surface area contributed by atoms with E-state index in [1.54, 1.807) is 0 Å². The molecule has 0 bridgehead atoms. The van der Waals surface area contributed by atoms with Crippen LogP contribution in [0, 0.1) is 6.92 Å². The molecule has 1 saturated carbocycles. The third-order valence-corrected chi connectivity index (χ3v) is 7.35. The largest absolute Gasteiger partial charge is 0.340 e. The van der Waals surface area contributed by atoms with E-state index in [0.29, 0.717) is 13.1 Å². The molecule has 3 aliphatic rings. The van der Waals surface area contributed by atoms with Crippen LogP contribution in [0.15, 0.2) is 54.6 Å². The topological polar surface area (TPSA) is 60.9 Å². The molecule has 2 aromatic rings. The summed E-state index contributed by atoms with van der Waals surface area (Å²) in [6, 6.07) is 18.1. The van der Waals surface area contributed by atoms with E-state index in [0.717, 1.165) is 43.6 Å². The maximum Gasteiger partial charge on any atom is 0.241 e. The molecule has 2 aliphatic heterocycles. The lowest BCUT2D eigenvalue weighted by molar-refractivity contribution is -0.143. The Bertz CT molecular complexity index is 1060. The number of rotatable bonds is 6. The van der Waals surface area contributed by atoms with Crippen molar-refractivity contribution in [3.8, 4) is 0 Å². The normalized spacial score (nSPS) is 23.9. The summed E-state index contributed by atoms with van der Waals surface area (Å²) in [5.41, 5.74) is 1.97. The smallest absolute Gasteiger partial charge is 0.241 e. The number of aryl methyl sites for hydroxylation is 1. The number of hydrogen-bond donors (Lipinski definition) is 0. The van der Waals surface area contributed by atoms with E-state index >= 15 is 0 Å². The Balaban J connectivity index is 1.32. The molecule has 172 valence electrons. The summed E-state index contributed by atoms with van der Waals surface area (Å²) in [6.45, 7) is 5.73. The lowest BCUT2D eigenvalue weighted by atomic mass is 9.74. The van der Waals surface area contributed by atoms with Gasteiger partial charge in [-0.15, -0.1) is 0 Å². The van der Waals surface area contributed by atoms with Crippen molar-refractivity contribution in [2.45, 2.75) is 50.6 Å². The molecular formula is C27H31N3O3. The maximum absolute atomic E-state index is 13.7. The van der Waals surface area contributed by atoms with Crippen molar-refractivity contribution in [1.29, 1.82) is 0 Å². The van der Waals surface area contributed by atoms with E-state index in [4.69, 9.17) is 0 Å². The van der Waals surface area contributed by atoms with Crippen molar-refractivity contribution >= 4 is 17.7 Å². The van der Waals surface area contributed by atoms with Crippen molar-refractivity contribution < 1.29 is 14.4 Å². The van der Waals surface area contributed by atoms with Gasteiger partial charge in [0.05, 0.1) is 5.41 Å². The third-order valence-electron chi connectivity index (χ3n) is 7.35. The molecule has 0 aromatic heterocycles. The fraction of sp³-hybridized carbons (Fsp3) is 0.444. The van der Waals surface area contributed by atoms with Crippen LogP contribution in [0.4, 0.5) is 0 Å². The van der Waals surface area contributed by atoms with Gasteiger partial charge in [-0.25, -0.2) is 0 Å². The van der Waals surface area contributed by atoms with E-state index in [1.165, 1.54) is 10.5 Å². The summed E-state index contributed by atoms with van der Waals surface area (Å²) in [5.74, 6) is -0.344. The van der Waals surface area contributed by atoms with Crippen molar-refractivity contribution in [2.24, 2.45) is 0 Å². The molecule has 3 fully saturated rings. The van der Waals surface area contributed by atoms with Gasteiger partial charge in [0.2, 0.25) is 17.7 Å². The lowest BCUT2D eigenvalue weighted by Crippen LogP contribution is -2.50. The molecule has 0 spiro atoms. The third kappa shape index (κ3) is 4.20. The van der Waals surface area contributed by atoms with Crippen molar-refractivity contribution in [1.82, 2.24) is 14.7 Å². The van der Waals surface area contributed by atoms with Crippen LogP contribution in [-0.4, -0.2) is 64.6 Å². The van der Waals surface area contributed by atoms with Gasteiger partial charge in [-0.2, -0.15) is 0 Å². The van der Waals surface area contributed by atoms with Crippen LogP contribution >= 0.6 is 0 Å². The average molecular weight is 446 g/mol. The van der Waals surface area contributed by atoms with Crippen molar-refractivity contribution in [3.63, 3.8) is 0 Å². The second-order valence-corrected chi connectivity index (χ2v) is 9.69. The Morgan fingerprint density at radius 1 is 0.939 bits per heavy atom. The fourth-order valence-corrected chi connectivity index (χ4v) is 5.39. The molecule has 2 aromatic carbocycles. The number of hydrogen-bond acceptors (Lipinski definition) is 4. The summed E-state index contributed by atoms with van der Waals surface area (Å²) in [5, 5.41) is 0. The first-order chi connectivity index (χ1) is 16.0. The summed E-state index contributed by atoms with van der Waals surface area (Å²) < 4.78 is 0. The monoisotopic (exact) mass is 445 g/mol. The minimum atomic E-state index is -1.08. The van der Waals surface area contributed by atoms with Gasteiger partial charge in [-0.1, -0.05) is 54.6 Å². The van der Waals surface area contributed by atoms with Crippen LogP contribution in [-0.2, 0) is 26.3 Å².